The van der Waals surface area contributed by atoms with Crippen molar-refractivity contribution < 1.29 is 10.2 Å². The van der Waals surface area contributed by atoms with Crippen LogP contribution in [0.2, 0.25) is 0 Å². The highest BCUT2D eigenvalue weighted by Crippen LogP contribution is 2.38. The van der Waals surface area contributed by atoms with Gasteiger partial charge in [-0.15, -0.1) is 11.3 Å². The second kappa shape index (κ2) is 2.77. The van der Waals surface area contributed by atoms with E-state index in [9.17, 15) is 10.2 Å². The van der Waals surface area contributed by atoms with Crippen LogP contribution in [0.1, 0.15) is 0 Å². The van der Waals surface area contributed by atoms with Gasteiger partial charge in [0.2, 0.25) is 0 Å². The summed E-state index contributed by atoms with van der Waals surface area (Å²) in [5.74, 6) is 0.478. The van der Waals surface area contributed by atoms with Crippen molar-refractivity contribution >= 4 is 44.0 Å². The summed E-state index contributed by atoms with van der Waals surface area (Å²) in [5, 5.41) is 21.2. The summed E-state index contributed by atoms with van der Waals surface area (Å²) in [6.45, 7) is 0. The lowest BCUT2D eigenvalue weighted by molar-refractivity contribution is 0.478. The van der Waals surface area contributed by atoms with Crippen LogP contribution in [-0.2, 0) is 0 Å². The Morgan fingerprint density at radius 3 is 2.67 bits per heavy atom. The number of thiophene rings is 1. The fourth-order valence-electron chi connectivity index (χ4n) is 1.07. The van der Waals surface area contributed by atoms with E-state index in [2.05, 4.69) is 22.6 Å². The Morgan fingerprint density at radius 2 is 1.92 bits per heavy atom. The van der Waals surface area contributed by atoms with Crippen LogP contribution in [0.3, 0.4) is 0 Å². The van der Waals surface area contributed by atoms with E-state index >= 15 is 0 Å². The third kappa shape index (κ3) is 1.15. The maximum atomic E-state index is 9.46. The van der Waals surface area contributed by atoms with E-state index in [1.807, 2.05) is 6.07 Å². The third-order valence-electron chi connectivity index (χ3n) is 1.60. The van der Waals surface area contributed by atoms with Crippen LogP contribution in [-0.4, -0.2) is 10.2 Å². The molecule has 12 heavy (non-hydrogen) atoms. The van der Waals surface area contributed by atoms with Gasteiger partial charge in [-0.2, -0.15) is 0 Å². The summed E-state index contributed by atoms with van der Waals surface area (Å²) < 4.78 is 1.67. The fraction of sp³-hybridized carbons (Fsp3) is 0. The van der Waals surface area contributed by atoms with Gasteiger partial charge in [0, 0.05) is 14.3 Å². The van der Waals surface area contributed by atoms with Crippen molar-refractivity contribution in [3.05, 3.63) is 21.1 Å². The Bertz CT molecular complexity index is 436. The predicted molar refractivity (Wildman–Crippen MR) is 57.9 cm³/mol. The molecule has 0 amide bonds. The molecule has 1 heterocycles. The van der Waals surface area contributed by atoms with Crippen LogP contribution in [0.25, 0.3) is 10.1 Å². The number of halogens is 1. The van der Waals surface area contributed by atoms with Crippen LogP contribution in [0, 0.1) is 3.57 Å². The molecule has 2 aromatic rings. The second-order valence-electron chi connectivity index (χ2n) is 2.42. The fourth-order valence-corrected chi connectivity index (χ4v) is 2.50. The molecule has 0 atom stereocenters. The number of hydrogen-bond donors (Lipinski definition) is 2. The molecule has 1 aromatic heterocycles. The molecule has 0 spiro atoms. The van der Waals surface area contributed by atoms with Gasteiger partial charge >= 0.3 is 0 Å². The van der Waals surface area contributed by atoms with Crippen molar-refractivity contribution in [2.75, 3.05) is 0 Å². The zero-order valence-electron chi connectivity index (χ0n) is 5.91. The van der Waals surface area contributed by atoms with E-state index in [1.165, 1.54) is 11.3 Å². The molecule has 2 rings (SSSR count). The first kappa shape index (κ1) is 8.12. The molecule has 0 aliphatic heterocycles. The number of rotatable bonds is 0. The average molecular weight is 292 g/mol. The lowest BCUT2D eigenvalue weighted by Crippen LogP contribution is -1.71. The summed E-state index contributed by atoms with van der Waals surface area (Å²) in [6.07, 6.45) is 0. The van der Waals surface area contributed by atoms with Gasteiger partial charge in [0.1, 0.15) is 11.5 Å². The van der Waals surface area contributed by atoms with Crippen molar-refractivity contribution in [2.24, 2.45) is 0 Å². The molecule has 0 bridgehead atoms. The molecule has 0 saturated heterocycles. The molecule has 0 saturated carbocycles. The van der Waals surface area contributed by atoms with Crippen LogP contribution in [0.4, 0.5) is 0 Å². The first-order valence-electron chi connectivity index (χ1n) is 3.27. The second-order valence-corrected chi connectivity index (χ2v) is 4.55. The maximum Gasteiger partial charge on any atom is 0.134 e. The van der Waals surface area contributed by atoms with E-state index in [0.29, 0.717) is 0 Å². The number of aromatic hydroxyl groups is 2. The molecular weight excluding hydrogens is 287 g/mol. The molecule has 0 aliphatic rings. The van der Waals surface area contributed by atoms with Gasteiger partial charge < -0.3 is 10.2 Å². The first-order chi connectivity index (χ1) is 5.68. The van der Waals surface area contributed by atoms with Crippen LogP contribution >= 0.6 is 33.9 Å². The van der Waals surface area contributed by atoms with Crippen molar-refractivity contribution in [1.29, 1.82) is 0 Å². The standard InChI is InChI=1S/C8H5IO2S/c9-4-1-5-7(11)3-12-8(5)6(10)2-4/h1-3,10-11H. The molecule has 4 heteroatoms. The van der Waals surface area contributed by atoms with Crippen LogP contribution in [0.15, 0.2) is 17.5 Å². The lowest BCUT2D eigenvalue weighted by Gasteiger charge is -1.96. The van der Waals surface area contributed by atoms with Gasteiger partial charge in [-0.25, -0.2) is 0 Å². The monoisotopic (exact) mass is 292 g/mol. The van der Waals surface area contributed by atoms with Crippen molar-refractivity contribution in [1.82, 2.24) is 0 Å². The van der Waals surface area contributed by atoms with E-state index in [0.717, 1.165) is 13.7 Å². The number of fused-ring (bicyclic) bond motifs is 1. The molecule has 0 fully saturated rings. The molecule has 0 aliphatic carbocycles. The molecule has 0 unspecified atom stereocenters. The number of hydrogen-bond acceptors (Lipinski definition) is 3. The van der Waals surface area contributed by atoms with Gasteiger partial charge in [0.15, 0.2) is 0 Å². The Kier molecular flexibility index (Phi) is 1.88. The van der Waals surface area contributed by atoms with Crippen LogP contribution < -0.4 is 0 Å². The molecule has 0 radical (unpaired) electrons. The Hall–Kier alpha value is -0.490. The molecule has 2 N–H and O–H groups in total. The quantitative estimate of drug-likeness (QED) is 0.733. The predicted octanol–water partition coefficient (Wildman–Crippen LogP) is 2.92. The number of benzene rings is 1. The minimum absolute atomic E-state index is 0.238. The smallest absolute Gasteiger partial charge is 0.134 e. The summed E-state index contributed by atoms with van der Waals surface area (Å²) in [5.41, 5.74) is 0. The lowest BCUT2D eigenvalue weighted by atomic mass is 10.2. The van der Waals surface area contributed by atoms with Crippen molar-refractivity contribution in [2.45, 2.75) is 0 Å². The van der Waals surface area contributed by atoms with E-state index < -0.39 is 0 Å². The van der Waals surface area contributed by atoms with Crippen LogP contribution in [0.5, 0.6) is 11.5 Å². The van der Waals surface area contributed by atoms with E-state index in [4.69, 9.17) is 0 Å². The summed E-state index contributed by atoms with van der Waals surface area (Å²) in [6, 6.07) is 3.53. The van der Waals surface area contributed by atoms with Gasteiger partial charge in [-0.05, 0) is 34.7 Å². The molecular formula is C8H5IO2S. The molecule has 2 nitrogen and oxygen atoms in total. The maximum absolute atomic E-state index is 9.46. The Balaban J connectivity index is 2.92. The normalized spacial score (nSPS) is 10.8. The van der Waals surface area contributed by atoms with Gasteiger partial charge in [-0.1, -0.05) is 0 Å². The highest BCUT2D eigenvalue weighted by molar-refractivity contribution is 14.1. The zero-order chi connectivity index (χ0) is 8.72. The van der Waals surface area contributed by atoms with Crippen molar-refractivity contribution in [3.63, 3.8) is 0 Å². The zero-order valence-corrected chi connectivity index (χ0v) is 8.89. The van der Waals surface area contributed by atoms with Gasteiger partial charge in [-0.3, -0.25) is 0 Å². The highest BCUT2D eigenvalue weighted by atomic mass is 127. The Morgan fingerprint density at radius 1 is 1.17 bits per heavy atom. The van der Waals surface area contributed by atoms with Gasteiger partial charge in [0.25, 0.3) is 0 Å². The Labute approximate surface area is 86.6 Å². The minimum Gasteiger partial charge on any atom is -0.506 e. The van der Waals surface area contributed by atoms with Crippen molar-refractivity contribution in [3.8, 4) is 11.5 Å². The molecule has 62 valence electrons. The summed E-state index contributed by atoms with van der Waals surface area (Å²) in [4.78, 5) is 0. The van der Waals surface area contributed by atoms with E-state index in [-0.39, 0.29) is 11.5 Å². The third-order valence-corrected chi connectivity index (χ3v) is 3.23. The highest BCUT2D eigenvalue weighted by Gasteiger charge is 2.07. The topological polar surface area (TPSA) is 40.5 Å². The number of phenolic OH excluding ortho intramolecular Hbond substituents is 1. The summed E-state index contributed by atoms with van der Waals surface area (Å²) in [7, 11) is 0. The van der Waals surface area contributed by atoms with E-state index in [1.54, 1.807) is 11.4 Å². The first-order valence-corrected chi connectivity index (χ1v) is 5.23. The minimum atomic E-state index is 0.238. The van der Waals surface area contributed by atoms with Gasteiger partial charge in [0.05, 0.1) is 4.70 Å². The molecule has 1 aromatic carbocycles. The summed E-state index contributed by atoms with van der Waals surface area (Å²) >= 11 is 3.45. The SMILES string of the molecule is Oc1csc2c(O)cc(I)cc12. The number of phenols is 1. The average Bonchev–Trinajstić information content (AvgIpc) is 2.33. The largest absolute Gasteiger partial charge is 0.506 e.